The van der Waals surface area contributed by atoms with Gasteiger partial charge in [0.1, 0.15) is 11.1 Å². The van der Waals surface area contributed by atoms with Crippen LogP contribution in [0, 0.1) is 0 Å². The van der Waals surface area contributed by atoms with Crippen molar-refractivity contribution < 1.29 is 14.7 Å². The molecule has 1 N–H and O–H groups in total. The predicted molar refractivity (Wildman–Crippen MR) is 116 cm³/mol. The molecule has 2 aliphatic carbocycles. The summed E-state index contributed by atoms with van der Waals surface area (Å²) in [6.45, 7) is 1.00. The second-order valence-electron chi connectivity index (χ2n) is 8.62. The number of halogens is 2. The van der Waals surface area contributed by atoms with Crippen molar-refractivity contribution in [2.45, 2.75) is 56.6 Å². The van der Waals surface area contributed by atoms with Gasteiger partial charge in [0, 0.05) is 19.1 Å². The van der Waals surface area contributed by atoms with Crippen LogP contribution in [0.1, 0.15) is 60.5 Å². The Hall–Kier alpha value is -1.64. The third kappa shape index (κ3) is 3.63. The van der Waals surface area contributed by atoms with Crippen LogP contribution in [0.25, 0.3) is 5.52 Å². The fraction of sp³-hybridized carbons (Fsp3) is 0.571. The van der Waals surface area contributed by atoms with Gasteiger partial charge in [0.15, 0.2) is 5.69 Å². The molecule has 9 heteroatoms. The number of hydrogen-bond acceptors (Lipinski definition) is 4. The van der Waals surface area contributed by atoms with Crippen LogP contribution in [-0.2, 0) is 4.79 Å². The fourth-order valence-electron chi connectivity index (χ4n) is 4.65. The van der Waals surface area contributed by atoms with E-state index in [2.05, 4.69) is 21.0 Å². The van der Waals surface area contributed by atoms with Crippen molar-refractivity contribution in [3.63, 3.8) is 0 Å². The van der Waals surface area contributed by atoms with E-state index in [0.717, 1.165) is 30.3 Å². The van der Waals surface area contributed by atoms with Crippen LogP contribution in [0.3, 0.4) is 0 Å². The second kappa shape index (κ2) is 7.80. The van der Waals surface area contributed by atoms with Gasteiger partial charge in [0.2, 0.25) is 5.91 Å². The van der Waals surface area contributed by atoms with Gasteiger partial charge in [-0.2, -0.15) is 5.10 Å². The van der Waals surface area contributed by atoms with Crippen LogP contribution in [0.2, 0.25) is 5.02 Å². The van der Waals surface area contributed by atoms with E-state index in [9.17, 15) is 14.7 Å². The fourth-order valence-corrected chi connectivity index (χ4v) is 5.44. The van der Waals surface area contributed by atoms with E-state index in [1.165, 1.54) is 18.4 Å². The Morgan fingerprint density at radius 1 is 1.13 bits per heavy atom. The Kier molecular flexibility index (Phi) is 5.27. The molecule has 30 heavy (non-hydrogen) atoms. The topological polar surface area (TPSA) is 78.2 Å². The number of fused-ring (bicyclic) bond motifs is 1. The first kappa shape index (κ1) is 20.3. The average Bonchev–Trinajstić information content (AvgIpc) is 3.53. The van der Waals surface area contributed by atoms with Crippen LogP contribution in [0.15, 0.2) is 16.7 Å². The minimum Gasteiger partial charge on any atom is -0.393 e. The summed E-state index contributed by atoms with van der Waals surface area (Å²) < 4.78 is 2.41. The Bertz CT molecular complexity index is 1010. The number of aliphatic hydroxyl groups excluding tert-OH is 1. The quantitative estimate of drug-likeness (QED) is 0.663. The molecule has 7 nitrogen and oxygen atoms in total. The lowest BCUT2D eigenvalue weighted by atomic mass is 9.91. The molecule has 2 aromatic rings. The number of piperazine rings is 1. The molecule has 2 aromatic heterocycles. The van der Waals surface area contributed by atoms with Crippen LogP contribution < -0.4 is 0 Å². The van der Waals surface area contributed by atoms with E-state index in [-0.39, 0.29) is 36.2 Å². The van der Waals surface area contributed by atoms with Gasteiger partial charge >= 0.3 is 0 Å². The maximum Gasteiger partial charge on any atom is 0.276 e. The van der Waals surface area contributed by atoms with Crippen molar-refractivity contribution in [2.24, 2.45) is 0 Å². The molecule has 0 bridgehead atoms. The molecule has 0 aromatic carbocycles. The Balaban J connectivity index is 1.34. The number of hydrogen-bond donors (Lipinski definition) is 1. The number of carbonyl (C=O) groups is 2. The van der Waals surface area contributed by atoms with E-state index in [1.54, 1.807) is 9.42 Å². The van der Waals surface area contributed by atoms with Crippen molar-refractivity contribution in [1.29, 1.82) is 0 Å². The minimum absolute atomic E-state index is 0.0383. The lowest BCUT2D eigenvalue weighted by Crippen LogP contribution is -2.56. The number of aromatic nitrogens is 2. The van der Waals surface area contributed by atoms with Crippen molar-refractivity contribution >= 4 is 44.9 Å². The number of amides is 2. The van der Waals surface area contributed by atoms with Gasteiger partial charge in [-0.3, -0.25) is 9.59 Å². The molecule has 3 fully saturated rings. The number of aliphatic hydroxyl groups is 1. The molecule has 2 amide bonds. The first-order valence-electron chi connectivity index (χ1n) is 10.6. The predicted octanol–water partition coefficient (Wildman–Crippen LogP) is 3.22. The van der Waals surface area contributed by atoms with Gasteiger partial charge in [-0.1, -0.05) is 11.6 Å². The standard InChI is InChI=1S/C21H24BrClN4O3/c22-17-10-13(12-1-2-12)9-16-19(23)20(24-27(16)17)21(30)25-7-8-26(18(29)11-25)14-3-5-15(28)6-4-14/h9-10,12,14-15,28H,1-8,11H2. The molecule has 5 rings (SSSR count). The lowest BCUT2D eigenvalue weighted by Gasteiger charge is -2.41. The normalized spacial score (nSPS) is 25.2. The molecule has 1 aliphatic heterocycles. The summed E-state index contributed by atoms with van der Waals surface area (Å²) in [5, 5.41) is 14.5. The summed E-state index contributed by atoms with van der Waals surface area (Å²) in [5.41, 5.74) is 2.10. The monoisotopic (exact) mass is 494 g/mol. The minimum atomic E-state index is -0.310. The summed E-state index contributed by atoms with van der Waals surface area (Å²) in [6, 6.07) is 4.20. The zero-order valence-electron chi connectivity index (χ0n) is 16.6. The van der Waals surface area contributed by atoms with Crippen molar-refractivity contribution in [2.75, 3.05) is 19.6 Å². The highest BCUT2D eigenvalue weighted by molar-refractivity contribution is 9.10. The molecular formula is C21H24BrClN4O3. The molecule has 0 spiro atoms. The summed E-state index contributed by atoms with van der Waals surface area (Å²) in [7, 11) is 0. The summed E-state index contributed by atoms with van der Waals surface area (Å²) >= 11 is 10.1. The zero-order valence-corrected chi connectivity index (χ0v) is 18.9. The first-order valence-corrected chi connectivity index (χ1v) is 11.7. The summed E-state index contributed by atoms with van der Waals surface area (Å²) in [4.78, 5) is 29.3. The van der Waals surface area contributed by atoms with E-state index >= 15 is 0 Å². The Labute approximate surface area is 188 Å². The van der Waals surface area contributed by atoms with Crippen molar-refractivity contribution in [3.8, 4) is 0 Å². The highest BCUT2D eigenvalue weighted by Crippen LogP contribution is 2.42. The largest absolute Gasteiger partial charge is 0.393 e. The Morgan fingerprint density at radius 2 is 1.87 bits per heavy atom. The summed E-state index contributed by atoms with van der Waals surface area (Å²) in [6.07, 6.45) is 5.18. The Morgan fingerprint density at radius 3 is 2.53 bits per heavy atom. The maximum atomic E-state index is 13.2. The molecule has 0 radical (unpaired) electrons. The third-order valence-electron chi connectivity index (χ3n) is 6.56. The van der Waals surface area contributed by atoms with E-state index in [0.29, 0.717) is 29.5 Å². The van der Waals surface area contributed by atoms with E-state index < -0.39 is 0 Å². The number of nitrogens with zero attached hydrogens (tertiary/aromatic N) is 4. The molecule has 3 aliphatic rings. The van der Waals surface area contributed by atoms with Crippen molar-refractivity contribution in [1.82, 2.24) is 19.4 Å². The molecule has 0 atom stereocenters. The molecule has 1 saturated heterocycles. The number of carbonyl (C=O) groups excluding carboxylic acids is 2. The van der Waals surface area contributed by atoms with E-state index in [1.807, 2.05) is 17.0 Å². The van der Waals surface area contributed by atoms with E-state index in [4.69, 9.17) is 11.6 Å². The first-order chi connectivity index (χ1) is 14.4. The lowest BCUT2D eigenvalue weighted by molar-refractivity contribution is -0.138. The van der Waals surface area contributed by atoms with Gasteiger partial charge in [0.05, 0.1) is 16.6 Å². The SMILES string of the molecule is O=C(c1nn2c(Br)cc(C3CC3)cc2c1Cl)N1CCN(C2CCC(O)CC2)C(=O)C1. The summed E-state index contributed by atoms with van der Waals surface area (Å²) in [5.74, 6) is 0.201. The highest BCUT2D eigenvalue weighted by Gasteiger charge is 2.35. The van der Waals surface area contributed by atoms with Gasteiger partial charge < -0.3 is 14.9 Å². The maximum absolute atomic E-state index is 13.2. The average molecular weight is 496 g/mol. The molecule has 2 saturated carbocycles. The number of pyridine rings is 1. The second-order valence-corrected chi connectivity index (χ2v) is 9.81. The van der Waals surface area contributed by atoms with Crippen LogP contribution >= 0.6 is 27.5 Å². The van der Waals surface area contributed by atoms with Gasteiger partial charge in [-0.05, 0) is 78.1 Å². The van der Waals surface area contributed by atoms with Gasteiger partial charge in [-0.25, -0.2) is 4.52 Å². The molecule has 0 unspecified atom stereocenters. The highest BCUT2D eigenvalue weighted by atomic mass is 79.9. The van der Waals surface area contributed by atoms with Crippen molar-refractivity contribution in [3.05, 3.63) is 33.0 Å². The number of rotatable bonds is 3. The molecular weight excluding hydrogens is 472 g/mol. The smallest absolute Gasteiger partial charge is 0.276 e. The van der Waals surface area contributed by atoms with Crippen LogP contribution in [0.4, 0.5) is 0 Å². The molecule has 3 heterocycles. The van der Waals surface area contributed by atoms with Crippen LogP contribution in [-0.4, -0.2) is 68.1 Å². The van der Waals surface area contributed by atoms with Gasteiger partial charge in [0.25, 0.3) is 5.91 Å². The van der Waals surface area contributed by atoms with Gasteiger partial charge in [-0.15, -0.1) is 0 Å². The third-order valence-corrected chi connectivity index (χ3v) is 7.49. The zero-order chi connectivity index (χ0) is 21.0. The van der Waals surface area contributed by atoms with Crippen LogP contribution in [0.5, 0.6) is 0 Å². The molecule has 160 valence electrons.